The van der Waals surface area contributed by atoms with Crippen molar-refractivity contribution in [1.82, 2.24) is 15.3 Å². The minimum absolute atomic E-state index is 0.284. The lowest BCUT2D eigenvalue weighted by Gasteiger charge is -2.13. The maximum absolute atomic E-state index is 5.70. The average molecular weight is 257 g/mol. The largest absolute Gasteiger partial charge is 0.437 e. The minimum atomic E-state index is 0.284. The Balaban J connectivity index is 2.12. The molecular weight excluding hydrogens is 238 g/mol. The predicted octanol–water partition coefficient (Wildman–Crippen LogP) is 3.25. The number of ether oxygens (including phenoxy) is 1. The summed E-state index contributed by atoms with van der Waals surface area (Å²) in [6.45, 7) is 7.09. The molecule has 2 aromatic heterocycles. The van der Waals surface area contributed by atoms with Gasteiger partial charge < -0.3 is 10.1 Å². The Hall–Kier alpha value is -1.94. The summed E-state index contributed by atoms with van der Waals surface area (Å²) in [6.07, 6.45) is 3.47. The Labute approximate surface area is 113 Å². The van der Waals surface area contributed by atoms with Crippen LogP contribution in [0.3, 0.4) is 0 Å². The maximum atomic E-state index is 5.70. The molecule has 2 rings (SSSR count). The molecular formula is C15H19N3O. The number of pyridine rings is 2. The molecule has 0 saturated heterocycles. The smallest absolute Gasteiger partial charge is 0.219 e. The highest BCUT2D eigenvalue weighted by molar-refractivity contribution is 5.28. The number of rotatable bonds is 5. The zero-order chi connectivity index (χ0) is 13.7. The van der Waals surface area contributed by atoms with Crippen LogP contribution in [0.2, 0.25) is 0 Å². The van der Waals surface area contributed by atoms with Crippen molar-refractivity contribution in [2.75, 3.05) is 6.54 Å². The average Bonchev–Trinajstić information content (AvgIpc) is 2.42. The van der Waals surface area contributed by atoms with Crippen LogP contribution in [0.5, 0.6) is 11.6 Å². The second-order valence-corrected chi connectivity index (χ2v) is 4.44. The highest BCUT2D eigenvalue weighted by Gasteiger charge is 2.06. The summed E-state index contributed by atoms with van der Waals surface area (Å²) in [6, 6.07) is 8.04. The molecule has 4 heteroatoms. The molecule has 19 heavy (non-hydrogen) atoms. The summed E-state index contributed by atoms with van der Waals surface area (Å²) in [5, 5.41) is 3.36. The number of aryl methyl sites for hydroxylation is 1. The highest BCUT2D eigenvalue weighted by Crippen LogP contribution is 2.21. The fraction of sp³-hybridized carbons (Fsp3) is 0.333. The molecule has 2 heterocycles. The maximum Gasteiger partial charge on any atom is 0.219 e. The van der Waals surface area contributed by atoms with Crippen molar-refractivity contribution in [2.24, 2.45) is 0 Å². The molecule has 0 aliphatic rings. The van der Waals surface area contributed by atoms with E-state index in [1.807, 2.05) is 31.2 Å². The van der Waals surface area contributed by atoms with Gasteiger partial charge in [0, 0.05) is 24.0 Å². The normalized spacial score (nSPS) is 12.2. The molecule has 0 saturated carbocycles. The van der Waals surface area contributed by atoms with Crippen LogP contribution in [0, 0.1) is 6.92 Å². The van der Waals surface area contributed by atoms with Gasteiger partial charge in [-0.05, 0) is 44.2 Å². The third-order valence-electron chi connectivity index (χ3n) is 2.88. The van der Waals surface area contributed by atoms with E-state index in [-0.39, 0.29) is 6.04 Å². The third-order valence-corrected chi connectivity index (χ3v) is 2.88. The van der Waals surface area contributed by atoms with Crippen molar-refractivity contribution >= 4 is 0 Å². The van der Waals surface area contributed by atoms with Crippen LogP contribution < -0.4 is 10.1 Å². The summed E-state index contributed by atoms with van der Waals surface area (Å²) in [5.74, 6) is 1.29. The van der Waals surface area contributed by atoms with Gasteiger partial charge in [0.2, 0.25) is 5.88 Å². The summed E-state index contributed by atoms with van der Waals surface area (Å²) >= 11 is 0. The Kier molecular flexibility index (Phi) is 4.47. The van der Waals surface area contributed by atoms with E-state index >= 15 is 0 Å². The predicted molar refractivity (Wildman–Crippen MR) is 75.4 cm³/mol. The van der Waals surface area contributed by atoms with Gasteiger partial charge in [-0.1, -0.05) is 6.92 Å². The molecule has 0 spiro atoms. The van der Waals surface area contributed by atoms with Crippen LogP contribution in [0.25, 0.3) is 0 Å². The van der Waals surface area contributed by atoms with Crippen LogP contribution in [-0.2, 0) is 0 Å². The first-order valence-electron chi connectivity index (χ1n) is 6.49. The topological polar surface area (TPSA) is 47.0 Å². The van der Waals surface area contributed by atoms with Crippen LogP contribution in [0.1, 0.15) is 31.1 Å². The van der Waals surface area contributed by atoms with Crippen LogP contribution in [-0.4, -0.2) is 16.5 Å². The standard InChI is InChI=1S/C15H19N3O/c1-4-16-12(3)13-7-8-17-15(9-13)19-14-6-5-11(2)18-10-14/h5-10,12,16H,4H2,1-3H3. The van der Waals surface area contributed by atoms with Crippen molar-refractivity contribution in [3.63, 3.8) is 0 Å². The van der Waals surface area contributed by atoms with E-state index in [9.17, 15) is 0 Å². The lowest BCUT2D eigenvalue weighted by Crippen LogP contribution is -2.17. The summed E-state index contributed by atoms with van der Waals surface area (Å²) in [4.78, 5) is 8.42. The first kappa shape index (κ1) is 13.5. The van der Waals surface area contributed by atoms with Crippen LogP contribution in [0.4, 0.5) is 0 Å². The molecule has 0 bridgehead atoms. The molecule has 2 aromatic rings. The zero-order valence-corrected chi connectivity index (χ0v) is 11.6. The van der Waals surface area contributed by atoms with Crippen molar-refractivity contribution in [1.29, 1.82) is 0 Å². The van der Waals surface area contributed by atoms with Crippen molar-refractivity contribution in [2.45, 2.75) is 26.8 Å². The van der Waals surface area contributed by atoms with Gasteiger partial charge in [0.05, 0.1) is 6.20 Å². The molecule has 0 aliphatic carbocycles. The van der Waals surface area contributed by atoms with Gasteiger partial charge in [-0.25, -0.2) is 4.98 Å². The fourth-order valence-electron chi connectivity index (χ4n) is 1.81. The molecule has 0 aliphatic heterocycles. The van der Waals surface area contributed by atoms with E-state index in [0.717, 1.165) is 17.8 Å². The first-order valence-corrected chi connectivity index (χ1v) is 6.49. The molecule has 100 valence electrons. The Bertz CT molecular complexity index is 525. The fourth-order valence-corrected chi connectivity index (χ4v) is 1.81. The van der Waals surface area contributed by atoms with E-state index in [1.165, 1.54) is 0 Å². The van der Waals surface area contributed by atoms with Crippen LogP contribution >= 0.6 is 0 Å². The molecule has 4 nitrogen and oxygen atoms in total. The van der Waals surface area contributed by atoms with Gasteiger partial charge in [-0.2, -0.15) is 0 Å². The number of nitrogens with one attached hydrogen (secondary N) is 1. The molecule has 0 amide bonds. The quantitative estimate of drug-likeness (QED) is 0.893. The Morgan fingerprint density at radius 1 is 1.26 bits per heavy atom. The molecule has 1 atom stereocenters. The number of hydrogen-bond acceptors (Lipinski definition) is 4. The molecule has 0 fully saturated rings. The van der Waals surface area contributed by atoms with Crippen molar-refractivity contribution in [3.05, 3.63) is 47.9 Å². The van der Waals surface area contributed by atoms with E-state index in [0.29, 0.717) is 11.6 Å². The summed E-state index contributed by atoms with van der Waals surface area (Å²) < 4.78 is 5.70. The first-order chi connectivity index (χ1) is 9.19. The van der Waals surface area contributed by atoms with Crippen molar-refractivity contribution < 1.29 is 4.74 Å². The minimum Gasteiger partial charge on any atom is -0.437 e. The second-order valence-electron chi connectivity index (χ2n) is 4.44. The zero-order valence-electron chi connectivity index (χ0n) is 11.6. The monoisotopic (exact) mass is 257 g/mol. The van der Waals surface area contributed by atoms with Crippen molar-refractivity contribution in [3.8, 4) is 11.6 Å². The molecule has 0 radical (unpaired) electrons. The number of hydrogen-bond donors (Lipinski definition) is 1. The van der Waals surface area contributed by atoms with Gasteiger partial charge >= 0.3 is 0 Å². The highest BCUT2D eigenvalue weighted by atomic mass is 16.5. The van der Waals surface area contributed by atoms with Gasteiger partial charge in [0.15, 0.2) is 0 Å². The summed E-state index contributed by atoms with van der Waals surface area (Å²) in [5.41, 5.74) is 2.13. The lowest BCUT2D eigenvalue weighted by atomic mass is 10.1. The third kappa shape index (κ3) is 3.76. The van der Waals surface area contributed by atoms with E-state index in [1.54, 1.807) is 12.4 Å². The summed E-state index contributed by atoms with van der Waals surface area (Å²) in [7, 11) is 0. The number of aromatic nitrogens is 2. The van der Waals surface area contributed by atoms with E-state index in [2.05, 4.69) is 29.1 Å². The van der Waals surface area contributed by atoms with Gasteiger partial charge in [0.25, 0.3) is 0 Å². The second kappa shape index (κ2) is 6.29. The number of nitrogens with zero attached hydrogens (tertiary/aromatic N) is 2. The Morgan fingerprint density at radius 2 is 2.11 bits per heavy atom. The van der Waals surface area contributed by atoms with E-state index in [4.69, 9.17) is 4.74 Å². The van der Waals surface area contributed by atoms with Gasteiger partial charge in [-0.15, -0.1) is 0 Å². The lowest BCUT2D eigenvalue weighted by molar-refractivity contribution is 0.458. The van der Waals surface area contributed by atoms with Gasteiger partial charge in [-0.3, -0.25) is 4.98 Å². The van der Waals surface area contributed by atoms with E-state index < -0.39 is 0 Å². The van der Waals surface area contributed by atoms with Crippen LogP contribution in [0.15, 0.2) is 36.7 Å². The molecule has 0 aromatic carbocycles. The molecule has 1 unspecified atom stereocenters. The SMILES string of the molecule is CCNC(C)c1ccnc(Oc2ccc(C)nc2)c1. The van der Waals surface area contributed by atoms with Gasteiger partial charge in [0.1, 0.15) is 5.75 Å². The Morgan fingerprint density at radius 3 is 2.79 bits per heavy atom. The molecule has 1 N–H and O–H groups in total.